The van der Waals surface area contributed by atoms with Crippen LogP contribution in [0.15, 0.2) is 72.9 Å². The van der Waals surface area contributed by atoms with Gasteiger partial charge in [-0.2, -0.15) is 0 Å². The summed E-state index contributed by atoms with van der Waals surface area (Å²) in [6.45, 7) is 3.80. The van der Waals surface area contributed by atoms with Crippen LogP contribution >= 0.6 is 0 Å². The molecule has 0 N–H and O–H groups in total. The SMILES string of the molecule is Cc1ccc(N2C(=O)[C@@H]3[C@H](C2=O)[C@H]2c4ccccc4C=CN2[C@@H]3C(=O)c2cccc([N+](=O)[O-])c2)c(C)c1. The first-order chi connectivity index (χ1) is 17.8. The summed E-state index contributed by atoms with van der Waals surface area (Å²) in [7, 11) is 0. The van der Waals surface area contributed by atoms with Crippen molar-refractivity contribution in [3.63, 3.8) is 0 Å². The first kappa shape index (κ1) is 22.8. The van der Waals surface area contributed by atoms with Crippen molar-refractivity contribution in [3.05, 3.63) is 111 Å². The van der Waals surface area contributed by atoms with E-state index in [0.29, 0.717) is 5.69 Å². The van der Waals surface area contributed by atoms with E-state index in [0.717, 1.165) is 22.3 Å². The molecule has 3 aromatic rings. The predicted octanol–water partition coefficient (Wildman–Crippen LogP) is 4.61. The van der Waals surface area contributed by atoms with Gasteiger partial charge in [0, 0.05) is 23.9 Å². The Bertz CT molecular complexity index is 1540. The summed E-state index contributed by atoms with van der Waals surface area (Å²) >= 11 is 0. The van der Waals surface area contributed by atoms with Crippen LogP contribution in [0.5, 0.6) is 0 Å². The van der Waals surface area contributed by atoms with E-state index in [4.69, 9.17) is 0 Å². The maximum atomic E-state index is 14.0. The van der Waals surface area contributed by atoms with Gasteiger partial charge in [-0.15, -0.1) is 0 Å². The van der Waals surface area contributed by atoms with Gasteiger partial charge in [0.05, 0.1) is 28.5 Å². The van der Waals surface area contributed by atoms with Crippen molar-refractivity contribution in [3.8, 4) is 0 Å². The molecule has 3 aliphatic rings. The number of anilines is 1. The van der Waals surface area contributed by atoms with E-state index in [-0.39, 0.29) is 17.2 Å². The Balaban J connectivity index is 1.50. The van der Waals surface area contributed by atoms with Gasteiger partial charge < -0.3 is 4.90 Å². The highest BCUT2D eigenvalue weighted by molar-refractivity contribution is 6.25. The molecule has 8 nitrogen and oxygen atoms in total. The second kappa shape index (κ2) is 8.23. The molecule has 2 saturated heterocycles. The first-order valence-corrected chi connectivity index (χ1v) is 12.1. The second-order valence-electron chi connectivity index (χ2n) is 9.81. The normalized spacial score (nSPS) is 23.6. The first-order valence-electron chi connectivity index (χ1n) is 12.1. The van der Waals surface area contributed by atoms with Crippen LogP contribution in [0.2, 0.25) is 0 Å². The minimum Gasteiger partial charge on any atom is -0.358 e. The maximum absolute atomic E-state index is 14.0. The van der Waals surface area contributed by atoms with E-state index < -0.39 is 40.5 Å². The fourth-order valence-corrected chi connectivity index (χ4v) is 6.09. The average Bonchev–Trinajstić information content (AvgIpc) is 3.36. The summed E-state index contributed by atoms with van der Waals surface area (Å²) in [6, 6.07) is 17.2. The standard InChI is InChI=1S/C29H23N3O5/c1-16-10-11-22(17(2)14-16)31-28(34)23-24(29(31)35)26(27(33)19-7-5-8-20(15-19)32(36)37)30-13-12-18-6-3-4-9-21(18)25(23)30/h3-15,23-26H,1-2H3/t23-,24+,25+,26-/m0/s1. The van der Waals surface area contributed by atoms with Crippen molar-refractivity contribution in [2.45, 2.75) is 25.9 Å². The van der Waals surface area contributed by atoms with Gasteiger partial charge in [0.2, 0.25) is 11.8 Å². The Morgan fingerprint density at radius 1 is 0.919 bits per heavy atom. The van der Waals surface area contributed by atoms with Gasteiger partial charge in [-0.3, -0.25) is 24.5 Å². The molecule has 37 heavy (non-hydrogen) atoms. The maximum Gasteiger partial charge on any atom is 0.270 e. The number of fused-ring (bicyclic) bond motifs is 5. The minimum atomic E-state index is -0.978. The fraction of sp³-hybridized carbons (Fsp3) is 0.207. The smallest absolute Gasteiger partial charge is 0.270 e. The predicted molar refractivity (Wildman–Crippen MR) is 137 cm³/mol. The number of benzene rings is 3. The van der Waals surface area contributed by atoms with Crippen LogP contribution in [0.4, 0.5) is 11.4 Å². The van der Waals surface area contributed by atoms with E-state index in [1.54, 1.807) is 17.2 Å². The Labute approximate surface area is 213 Å². The number of carbonyl (C=O) groups excluding carboxylic acids is 3. The van der Waals surface area contributed by atoms with E-state index in [1.165, 1.54) is 29.2 Å². The van der Waals surface area contributed by atoms with E-state index >= 15 is 0 Å². The highest BCUT2D eigenvalue weighted by atomic mass is 16.6. The van der Waals surface area contributed by atoms with E-state index in [2.05, 4.69) is 0 Å². The lowest BCUT2D eigenvalue weighted by Gasteiger charge is -2.35. The molecule has 0 bridgehead atoms. The number of rotatable bonds is 4. The number of imide groups is 1. The number of hydrogen-bond donors (Lipinski definition) is 0. The summed E-state index contributed by atoms with van der Waals surface area (Å²) in [5.41, 5.74) is 4.05. The summed E-state index contributed by atoms with van der Waals surface area (Å²) in [5, 5.41) is 11.4. The third-order valence-electron chi connectivity index (χ3n) is 7.66. The molecule has 3 aliphatic heterocycles. The Morgan fingerprint density at radius 3 is 2.43 bits per heavy atom. The van der Waals surface area contributed by atoms with Gasteiger partial charge in [0.1, 0.15) is 6.04 Å². The number of carbonyl (C=O) groups is 3. The minimum absolute atomic E-state index is 0.135. The van der Waals surface area contributed by atoms with Gasteiger partial charge in [-0.25, -0.2) is 4.90 Å². The van der Waals surface area contributed by atoms with E-state index in [1.807, 2.05) is 56.3 Å². The van der Waals surface area contributed by atoms with Crippen molar-refractivity contribution in [1.82, 2.24) is 4.90 Å². The average molecular weight is 494 g/mol. The van der Waals surface area contributed by atoms with Gasteiger partial charge in [0.25, 0.3) is 5.69 Å². The number of non-ortho nitro benzene ring substituents is 1. The van der Waals surface area contributed by atoms with E-state index in [9.17, 15) is 24.5 Å². The lowest BCUT2D eigenvalue weighted by Crippen LogP contribution is -2.44. The highest BCUT2D eigenvalue weighted by Gasteiger charge is 2.64. The van der Waals surface area contributed by atoms with Crippen molar-refractivity contribution in [1.29, 1.82) is 0 Å². The number of aryl methyl sites for hydroxylation is 2. The van der Waals surface area contributed by atoms with Crippen molar-refractivity contribution >= 4 is 35.0 Å². The Kier molecular flexibility index (Phi) is 5.08. The quantitative estimate of drug-likeness (QED) is 0.228. The number of nitrogens with zero attached hydrogens (tertiary/aromatic N) is 3. The molecule has 184 valence electrons. The van der Waals surface area contributed by atoms with Crippen LogP contribution in [-0.4, -0.2) is 33.5 Å². The third-order valence-corrected chi connectivity index (χ3v) is 7.66. The van der Waals surface area contributed by atoms with Gasteiger partial charge in [0.15, 0.2) is 5.78 Å². The van der Waals surface area contributed by atoms with Gasteiger partial charge >= 0.3 is 0 Å². The molecule has 2 fully saturated rings. The van der Waals surface area contributed by atoms with Crippen molar-refractivity contribution in [2.75, 3.05) is 4.90 Å². The van der Waals surface area contributed by atoms with Crippen LogP contribution in [0.3, 0.4) is 0 Å². The monoisotopic (exact) mass is 493 g/mol. The summed E-state index contributed by atoms with van der Waals surface area (Å²) in [6.07, 6.45) is 3.64. The molecule has 3 heterocycles. The number of nitro benzene ring substituents is 1. The van der Waals surface area contributed by atoms with Crippen LogP contribution in [0.25, 0.3) is 6.08 Å². The number of hydrogen-bond acceptors (Lipinski definition) is 6. The van der Waals surface area contributed by atoms with Gasteiger partial charge in [-0.1, -0.05) is 54.1 Å². The molecule has 0 spiro atoms. The largest absolute Gasteiger partial charge is 0.358 e. The lowest BCUT2D eigenvalue weighted by molar-refractivity contribution is -0.384. The van der Waals surface area contributed by atoms with Crippen LogP contribution in [-0.2, 0) is 9.59 Å². The van der Waals surface area contributed by atoms with Crippen molar-refractivity contribution in [2.24, 2.45) is 11.8 Å². The fourth-order valence-electron chi connectivity index (χ4n) is 6.09. The molecule has 8 heteroatoms. The third kappa shape index (κ3) is 3.32. The molecule has 0 radical (unpaired) electrons. The molecule has 0 saturated carbocycles. The number of amides is 2. The van der Waals surface area contributed by atoms with Gasteiger partial charge in [-0.05, 0) is 42.7 Å². The molecular formula is C29H23N3O5. The number of nitro groups is 1. The van der Waals surface area contributed by atoms with Crippen LogP contribution in [0, 0.1) is 35.8 Å². The molecule has 0 aliphatic carbocycles. The zero-order chi connectivity index (χ0) is 26.0. The zero-order valence-corrected chi connectivity index (χ0v) is 20.2. The molecule has 2 amide bonds. The molecule has 4 atom stereocenters. The number of Topliss-reactive ketones (excluding diaryl/α,β-unsaturated/α-hetero) is 1. The Hall–Kier alpha value is -4.59. The van der Waals surface area contributed by atoms with Crippen molar-refractivity contribution < 1.29 is 19.3 Å². The molecule has 3 aromatic carbocycles. The Morgan fingerprint density at radius 2 is 1.68 bits per heavy atom. The zero-order valence-electron chi connectivity index (χ0n) is 20.2. The number of ketones is 1. The summed E-state index contributed by atoms with van der Waals surface area (Å²) < 4.78 is 0. The second-order valence-corrected chi connectivity index (χ2v) is 9.81. The topological polar surface area (TPSA) is 101 Å². The summed E-state index contributed by atoms with van der Waals surface area (Å²) in [5.74, 6) is -2.89. The van der Waals surface area contributed by atoms with Crippen LogP contribution < -0.4 is 4.90 Å². The molecule has 0 aromatic heterocycles. The highest BCUT2D eigenvalue weighted by Crippen LogP contribution is 2.54. The molecule has 6 rings (SSSR count). The summed E-state index contributed by atoms with van der Waals surface area (Å²) in [4.78, 5) is 55.8. The molecule has 0 unspecified atom stereocenters. The molecular weight excluding hydrogens is 470 g/mol. The lowest BCUT2D eigenvalue weighted by atomic mass is 9.83. The van der Waals surface area contributed by atoms with Crippen LogP contribution in [0.1, 0.15) is 38.7 Å².